The van der Waals surface area contributed by atoms with Gasteiger partial charge in [-0.1, -0.05) is 12.1 Å². The molecule has 4 N–H and O–H groups in total. The first-order chi connectivity index (χ1) is 14.5. The Kier molecular flexibility index (Phi) is 5.44. The number of hydrogen-bond acceptors (Lipinski definition) is 8. The minimum atomic E-state index is -0.311. The number of hydrazine groups is 1. The van der Waals surface area contributed by atoms with E-state index in [1.807, 2.05) is 31.3 Å². The number of benzene rings is 1. The maximum atomic E-state index is 12.8. The predicted molar refractivity (Wildman–Crippen MR) is 112 cm³/mol. The molecule has 4 rings (SSSR count). The van der Waals surface area contributed by atoms with E-state index in [0.29, 0.717) is 23.4 Å². The summed E-state index contributed by atoms with van der Waals surface area (Å²) < 4.78 is 5.46. The number of carbonyl (C=O) groups excluding carboxylic acids is 1. The van der Waals surface area contributed by atoms with E-state index >= 15 is 0 Å². The molecule has 2 aromatic rings. The fourth-order valence-electron chi connectivity index (χ4n) is 4.09. The van der Waals surface area contributed by atoms with Crippen molar-refractivity contribution in [3.05, 3.63) is 47.7 Å². The molecule has 156 valence electrons. The summed E-state index contributed by atoms with van der Waals surface area (Å²) in [5.74, 6) is 0.936. The van der Waals surface area contributed by atoms with Crippen molar-refractivity contribution in [3.63, 3.8) is 0 Å². The second kappa shape index (κ2) is 8.18. The lowest BCUT2D eigenvalue weighted by molar-refractivity contribution is -0.131. The number of nitrogens with one attached hydrogen (secondary N) is 4. The topological polar surface area (TPSA) is 114 Å². The zero-order chi connectivity index (χ0) is 21.3. The predicted octanol–water partition coefficient (Wildman–Crippen LogP) is 1.40. The molecule has 2 fully saturated rings. The van der Waals surface area contributed by atoms with E-state index in [-0.39, 0.29) is 30.2 Å². The number of carbonyl (C=O) groups is 1. The van der Waals surface area contributed by atoms with Gasteiger partial charge >= 0.3 is 0 Å². The number of rotatable bonds is 5. The Morgan fingerprint density at radius 2 is 2.13 bits per heavy atom. The van der Waals surface area contributed by atoms with Gasteiger partial charge in [0.15, 0.2) is 5.75 Å². The van der Waals surface area contributed by atoms with Crippen LogP contribution in [0.5, 0.6) is 5.75 Å². The van der Waals surface area contributed by atoms with Crippen LogP contribution in [0, 0.1) is 24.2 Å². The van der Waals surface area contributed by atoms with Crippen LogP contribution in [0.25, 0.3) is 0 Å². The van der Waals surface area contributed by atoms with E-state index in [9.17, 15) is 10.1 Å². The molecule has 1 aromatic heterocycles. The van der Waals surface area contributed by atoms with Gasteiger partial charge < -0.3 is 15.4 Å². The number of aromatic nitrogens is 1. The number of ether oxygens (including phenoxy) is 1. The minimum Gasteiger partial charge on any atom is -0.493 e. The molecule has 0 spiro atoms. The van der Waals surface area contributed by atoms with Gasteiger partial charge in [0.05, 0.1) is 36.6 Å². The summed E-state index contributed by atoms with van der Waals surface area (Å²) in [6.45, 7) is 1.99. The maximum absolute atomic E-state index is 12.8. The molecule has 30 heavy (non-hydrogen) atoms. The number of para-hydroxylation sites is 1. The Hall–Kier alpha value is -3.35. The first-order valence-electron chi connectivity index (χ1n) is 9.82. The number of aryl methyl sites for hydroxylation is 1. The van der Waals surface area contributed by atoms with Gasteiger partial charge in [0.1, 0.15) is 11.9 Å². The van der Waals surface area contributed by atoms with Crippen molar-refractivity contribution in [1.82, 2.24) is 20.7 Å². The summed E-state index contributed by atoms with van der Waals surface area (Å²) in [5, 5.41) is 21.2. The van der Waals surface area contributed by atoms with Crippen LogP contribution in [0.3, 0.4) is 0 Å². The third kappa shape index (κ3) is 3.75. The van der Waals surface area contributed by atoms with Crippen LogP contribution in [0.15, 0.2) is 36.5 Å². The minimum absolute atomic E-state index is 0.00677. The molecule has 0 saturated carbocycles. The molecular formula is C21H25N7O2. The molecule has 4 unspecified atom stereocenters. The number of piperidine rings is 1. The monoisotopic (exact) mass is 407 g/mol. The number of fused-ring (bicyclic) bond motifs is 1. The van der Waals surface area contributed by atoms with Gasteiger partial charge in [-0.05, 0) is 30.7 Å². The fourth-order valence-corrected chi connectivity index (χ4v) is 4.09. The highest BCUT2D eigenvalue weighted by atomic mass is 16.5. The van der Waals surface area contributed by atoms with Crippen LogP contribution < -0.4 is 26.1 Å². The first kappa shape index (κ1) is 19.9. The zero-order valence-electron chi connectivity index (χ0n) is 17.1. The normalized spacial score (nSPS) is 25.4. The fraction of sp³-hybridized carbons (Fsp3) is 0.381. The summed E-state index contributed by atoms with van der Waals surface area (Å²) >= 11 is 0. The Bertz CT molecular complexity index is 972. The summed E-state index contributed by atoms with van der Waals surface area (Å²) in [7, 11) is 3.26. The highest BCUT2D eigenvalue weighted by Crippen LogP contribution is 2.33. The largest absolute Gasteiger partial charge is 0.493 e. The Morgan fingerprint density at radius 1 is 1.30 bits per heavy atom. The van der Waals surface area contributed by atoms with Crippen molar-refractivity contribution < 1.29 is 9.53 Å². The lowest BCUT2D eigenvalue weighted by Gasteiger charge is -2.39. The van der Waals surface area contributed by atoms with Gasteiger partial charge in [-0.2, -0.15) is 5.26 Å². The highest BCUT2D eigenvalue weighted by molar-refractivity contribution is 5.82. The highest BCUT2D eigenvalue weighted by Gasteiger charge is 2.48. The van der Waals surface area contributed by atoms with Gasteiger partial charge in [0.25, 0.3) is 0 Å². The Labute approximate surface area is 175 Å². The molecule has 3 heterocycles. The van der Waals surface area contributed by atoms with Crippen LogP contribution in [0.1, 0.15) is 17.5 Å². The van der Waals surface area contributed by atoms with E-state index in [4.69, 9.17) is 4.74 Å². The van der Waals surface area contributed by atoms with Gasteiger partial charge in [-0.3, -0.25) is 15.1 Å². The van der Waals surface area contributed by atoms with E-state index in [1.54, 1.807) is 19.2 Å². The van der Waals surface area contributed by atoms with Crippen LogP contribution >= 0.6 is 0 Å². The molecule has 2 aliphatic heterocycles. The first-order valence-corrected chi connectivity index (χ1v) is 9.82. The van der Waals surface area contributed by atoms with Crippen molar-refractivity contribution in [3.8, 4) is 11.8 Å². The number of anilines is 2. The molecule has 0 aliphatic carbocycles. The lowest BCUT2D eigenvalue weighted by atomic mass is 9.88. The second-order valence-electron chi connectivity index (χ2n) is 7.60. The summed E-state index contributed by atoms with van der Waals surface area (Å²) in [6.07, 6.45) is 2.09. The zero-order valence-corrected chi connectivity index (χ0v) is 17.1. The number of nitriles is 1. The number of nitrogens with zero attached hydrogens (tertiary/aromatic N) is 3. The molecule has 9 heteroatoms. The van der Waals surface area contributed by atoms with E-state index in [1.165, 1.54) is 12.1 Å². The Morgan fingerprint density at radius 3 is 2.83 bits per heavy atom. The van der Waals surface area contributed by atoms with Crippen LogP contribution in [0.2, 0.25) is 0 Å². The molecule has 2 saturated heterocycles. The standard InChI is InChI=1S/C21H25N7O2/c1-12-7-8-16(23-11-12)25-17-9-15(18-20(26-17)27-28(2)21(18)29)24-14-6-4-5-13(10-22)19(14)30-3/h4-8,11,15,17-18,20,24,26-27H,9H2,1-3H3,(H,23,25). The molecule has 0 bridgehead atoms. The maximum Gasteiger partial charge on any atom is 0.244 e. The molecule has 0 radical (unpaired) electrons. The number of amides is 1. The molecular weight excluding hydrogens is 382 g/mol. The third-order valence-corrected chi connectivity index (χ3v) is 5.53. The smallest absolute Gasteiger partial charge is 0.244 e. The molecule has 1 amide bonds. The number of pyridine rings is 1. The molecule has 9 nitrogen and oxygen atoms in total. The van der Waals surface area contributed by atoms with Crippen molar-refractivity contribution in [2.24, 2.45) is 5.92 Å². The average molecular weight is 407 g/mol. The lowest BCUT2D eigenvalue weighted by Crippen LogP contribution is -2.60. The molecule has 1 aromatic carbocycles. The van der Waals surface area contributed by atoms with Gasteiger partial charge in [0, 0.05) is 25.7 Å². The number of hydrogen-bond donors (Lipinski definition) is 4. The molecule has 4 atom stereocenters. The number of methoxy groups -OCH3 is 1. The van der Waals surface area contributed by atoms with Crippen LogP contribution in [-0.2, 0) is 4.79 Å². The Balaban J connectivity index is 1.60. The van der Waals surface area contributed by atoms with Crippen LogP contribution in [0.4, 0.5) is 11.5 Å². The summed E-state index contributed by atoms with van der Waals surface area (Å²) in [5.41, 5.74) is 5.41. The van der Waals surface area contributed by atoms with E-state index < -0.39 is 0 Å². The quantitative estimate of drug-likeness (QED) is 0.588. The van der Waals surface area contributed by atoms with E-state index in [0.717, 1.165) is 11.4 Å². The van der Waals surface area contributed by atoms with Crippen molar-refractivity contribution in [1.29, 1.82) is 5.26 Å². The van der Waals surface area contributed by atoms with Gasteiger partial charge in [0.2, 0.25) is 5.91 Å². The van der Waals surface area contributed by atoms with Crippen molar-refractivity contribution in [2.75, 3.05) is 24.8 Å². The summed E-state index contributed by atoms with van der Waals surface area (Å²) in [6, 6.07) is 11.3. The van der Waals surface area contributed by atoms with Crippen molar-refractivity contribution in [2.45, 2.75) is 31.7 Å². The van der Waals surface area contributed by atoms with Crippen molar-refractivity contribution >= 4 is 17.4 Å². The van der Waals surface area contributed by atoms with Crippen LogP contribution in [-0.4, -0.2) is 48.4 Å². The summed E-state index contributed by atoms with van der Waals surface area (Å²) in [4.78, 5) is 17.2. The molecule has 2 aliphatic rings. The SMILES string of the molecule is COc1c(C#N)cccc1NC1CC(Nc2ccc(C)cn2)NC2NN(C)C(=O)C12. The third-order valence-electron chi connectivity index (χ3n) is 5.53. The van der Waals surface area contributed by atoms with Gasteiger partial charge in [-0.25, -0.2) is 10.4 Å². The average Bonchev–Trinajstić information content (AvgIpc) is 3.03. The van der Waals surface area contributed by atoms with E-state index in [2.05, 4.69) is 32.4 Å². The second-order valence-corrected chi connectivity index (χ2v) is 7.60. The van der Waals surface area contributed by atoms with Gasteiger partial charge in [-0.15, -0.1) is 0 Å².